The molecule has 0 amide bonds. The molecule has 4 N–H and O–H groups in total. The lowest BCUT2D eigenvalue weighted by atomic mass is 9.89. The smallest absolute Gasteiger partial charge is 0.402 e. The molecule has 0 saturated heterocycles. The van der Waals surface area contributed by atoms with E-state index >= 15 is 0 Å². The number of benzene rings is 1. The van der Waals surface area contributed by atoms with E-state index in [0.717, 1.165) is 10.0 Å². The van der Waals surface area contributed by atoms with Crippen LogP contribution in [0.3, 0.4) is 0 Å². The lowest BCUT2D eigenvalue weighted by Crippen LogP contribution is -2.47. The topological polar surface area (TPSA) is 90.2 Å². The third-order valence-corrected chi connectivity index (χ3v) is 3.46. The monoisotopic (exact) mass is 348 g/mol. The predicted molar refractivity (Wildman–Crippen MR) is 81.7 cm³/mol. The van der Waals surface area contributed by atoms with E-state index < -0.39 is 18.5 Å². The largest absolute Gasteiger partial charge is 0.631 e. The van der Waals surface area contributed by atoms with Crippen molar-refractivity contribution in [1.29, 1.82) is 0 Å². The van der Waals surface area contributed by atoms with Crippen molar-refractivity contribution in [3.8, 4) is 0 Å². The zero-order valence-corrected chi connectivity index (χ0v) is 13.8. The van der Waals surface area contributed by atoms with Crippen molar-refractivity contribution in [3.05, 3.63) is 34.3 Å². The summed E-state index contributed by atoms with van der Waals surface area (Å²) in [7, 11) is -2.17. The summed E-state index contributed by atoms with van der Waals surface area (Å²) in [6.07, 6.45) is 0. The van der Waals surface area contributed by atoms with Gasteiger partial charge in [0, 0.05) is 4.47 Å². The van der Waals surface area contributed by atoms with Crippen LogP contribution < -0.4 is 0 Å². The van der Waals surface area contributed by atoms with Crippen LogP contribution in [0.1, 0.15) is 33.3 Å². The van der Waals surface area contributed by atoms with Gasteiger partial charge >= 0.3 is 7.32 Å². The zero-order chi connectivity index (χ0) is 16.0. The van der Waals surface area contributed by atoms with Crippen LogP contribution in [0.2, 0.25) is 0 Å². The van der Waals surface area contributed by atoms with Crippen molar-refractivity contribution in [2.45, 2.75) is 45.5 Å². The third-order valence-electron chi connectivity index (χ3n) is 2.96. The van der Waals surface area contributed by atoms with Gasteiger partial charge in [0.05, 0.1) is 17.8 Å². The van der Waals surface area contributed by atoms with Crippen molar-refractivity contribution in [3.63, 3.8) is 0 Å². The van der Waals surface area contributed by atoms with Gasteiger partial charge in [-0.3, -0.25) is 0 Å². The van der Waals surface area contributed by atoms with Crippen LogP contribution in [-0.4, -0.2) is 38.7 Å². The van der Waals surface area contributed by atoms with Gasteiger partial charge in [0.1, 0.15) is 0 Å². The van der Waals surface area contributed by atoms with E-state index in [-0.39, 0.29) is 0 Å². The van der Waals surface area contributed by atoms with Gasteiger partial charge in [-0.25, -0.2) is 0 Å². The highest BCUT2D eigenvalue weighted by molar-refractivity contribution is 9.10. The molecule has 114 valence electrons. The minimum absolute atomic E-state index is 0.496. The number of rotatable bonds is 4. The molecule has 0 aliphatic rings. The van der Waals surface area contributed by atoms with Crippen LogP contribution in [0.25, 0.3) is 0 Å². The number of aliphatic hydroxyl groups is 1. The molecular formula is C13H22BBrO5. The first kappa shape index (κ1) is 19.6. The highest BCUT2D eigenvalue weighted by Crippen LogP contribution is 2.26. The molecule has 0 heterocycles. The Morgan fingerprint density at radius 3 is 2.05 bits per heavy atom. The maximum absolute atomic E-state index is 9.94. The second-order valence-corrected chi connectivity index (χ2v) is 6.25. The second kappa shape index (κ2) is 8.12. The summed E-state index contributed by atoms with van der Waals surface area (Å²) in [4.78, 5) is 0. The van der Waals surface area contributed by atoms with Crippen LogP contribution in [0.4, 0.5) is 0 Å². The van der Waals surface area contributed by atoms with E-state index in [2.05, 4.69) is 15.9 Å². The van der Waals surface area contributed by atoms with Crippen molar-refractivity contribution in [1.82, 2.24) is 0 Å². The maximum atomic E-state index is 9.94. The second-order valence-electron chi connectivity index (χ2n) is 5.33. The average molecular weight is 349 g/mol. The molecule has 7 heteroatoms. The van der Waals surface area contributed by atoms with E-state index in [4.69, 9.17) is 19.8 Å². The van der Waals surface area contributed by atoms with E-state index in [1.165, 1.54) is 0 Å². The Balaban J connectivity index is 0.000000796. The Labute approximate surface area is 128 Å². The summed E-state index contributed by atoms with van der Waals surface area (Å²) in [6, 6.07) is 7.97. The zero-order valence-electron chi connectivity index (χ0n) is 12.2. The Bertz CT molecular complexity index is 401. The standard InChI is InChI=1S/C13H19BrO2.BH3O3/c1-12(2,15)13(3,4)16-9-10-6-5-7-11(14)8-10;2-1(3)4/h5-8,15H,9H2,1-4H3;2-4H. The average Bonchev–Trinajstić information content (AvgIpc) is 2.24. The Morgan fingerprint density at radius 2 is 1.65 bits per heavy atom. The van der Waals surface area contributed by atoms with Gasteiger partial charge in [0.25, 0.3) is 0 Å². The van der Waals surface area contributed by atoms with Crippen molar-refractivity contribution in [2.24, 2.45) is 0 Å². The van der Waals surface area contributed by atoms with Gasteiger partial charge in [0.2, 0.25) is 0 Å². The minimum Gasteiger partial charge on any atom is -0.402 e. The Morgan fingerprint density at radius 1 is 1.15 bits per heavy atom. The molecule has 1 aromatic carbocycles. The molecule has 0 fully saturated rings. The van der Waals surface area contributed by atoms with Gasteiger partial charge in [-0.2, -0.15) is 0 Å². The normalized spacial score (nSPS) is 11.7. The van der Waals surface area contributed by atoms with E-state index in [1.807, 2.05) is 38.1 Å². The van der Waals surface area contributed by atoms with Gasteiger partial charge in [-0.05, 0) is 45.4 Å². The molecule has 1 rings (SSSR count). The van der Waals surface area contributed by atoms with Gasteiger partial charge in [0.15, 0.2) is 0 Å². The molecule has 0 bridgehead atoms. The molecule has 0 aromatic heterocycles. The number of halogens is 1. The SMILES string of the molecule is CC(C)(O)C(C)(C)OCc1cccc(Br)c1.OB(O)O. The molecule has 0 aliphatic heterocycles. The van der Waals surface area contributed by atoms with Crippen LogP contribution >= 0.6 is 15.9 Å². The first-order chi connectivity index (χ1) is 8.95. The van der Waals surface area contributed by atoms with Gasteiger partial charge < -0.3 is 24.9 Å². The number of ether oxygens (including phenoxy) is 1. The first-order valence-corrected chi connectivity index (χ1v) is 6.90. The highest BCUT2D eigenvalue weighted by atomic mass is 79.9. The maximum Gasteiger partial charge on any atom is 0.631 e. The lowest BCUT2D eigenvalue weighted by molar-refractivity contribution is -0.153. The van der Waals surface area contributed by atoms with Crippen LogP contribution in [0.15, 0.2) is 28.7 Å². The molecule has 5 nitrogen and oxygen atoms in total. The quantitative estimate of drug-likeness (QED) is 0.618. The molecule has 0 radical (unpaired) electrons. The first-order valence-electron chi connectivity index (χ1n) is 6.10. The van der Waals surface area contributed by atoms with Crippen LogP contribution in [-0.2, 0) is 11.3 Å². The Hall–Kier alpha value is -0.435. The molecule has 1 aromatic rings. The lowest BCUT2D eigenvalue weighted by Gasteiger charge is -2.37. The summed E-state index contributed by atoms with van der Waals surface area (Å²) in [5, 5.41) is 31.4. The summed E-state index contributed by atoms with van der Waals surface area (Å²) >= 11 is 3.42. The summed E-state index contributed by atoms with van der Waals surface area (Å²) in [5.74, 6) is 0. The molecule has 0 spiro atoms. The fraction of sp³-hybridized carbons (Fsp3) is 0.538. The van der Waals surface area contributed by atoms with Crippen molar-refractivity contribution in [2.75, 3.05) is 0 Å². The van der Waals surface area contributed by atoms with Crippen LogP contribution in [0, 0.1) is 0 Å². The summed E-state index contributed by atoms with van der Waals surface area (Å²) in [6.45, 7) is 7.80. The number of hydrogen-bond acceptors (Lipinski definition) is 5. The molecule has 0 atom stereocenters. The minimum atomic E-state index is -2.17. The van der Waals surface area contributed by atoms with E-state index in [1.54, 1.807) is 13.8 Å². The van der Waals surface area contributed by atoms with E-state index in [0.29, 0.717) is 6.61 Å². The summed E-state index contributed by atoms with van der Waals surface area (Å²) in [5.41, 5.74) is -0.347. The molecule has 20 heavy (non-hydrogen) atoms. The third kappa shape index (κ3) is 7.99. The highest BCUT2D eigenvalue weighted by Gasteiger charge is 2.35. The Kier molecular flexibility index (Phi) is 7.94. The van der Waals surface area contributed by atoms with Gasteiger partial charge in [-0.1, -0.05) is 28.1 Å². The molecule has 0 aliphatic carbocycles. The van der Waals surface area contributed by atoms with Crippen molar-refractivity contribution >= 4 is 23.3 Å². The van der Waals surface area contributed by atoms with Crippen LogP contribution in [0.5, 0.6) is 0 Å². The molecule has 0 saturated carbocycles. The summed E-state index contributed by atoms with van der Waals surface area (Å²) < 4.78 is 6.80. The number of hydrogen-bond donors (Lipinski definition) is 4. The fourth-order valence-corrected chi connectivity index (χ4v) is 1.51. The molecular weight excluding hydrogens is 327 g/mol. The predicted octanol–water partition coefficient (Wildman–Crippen LogP) is 1.46. The van der Waals surface area contributed by atoms with E-state index in [9.17, 15) is 5.11 Å². The van der Waals surface area contributed by atoms with Crippen molar-refractivity contribution < 1.29 is 24.9 Å². The molecule has 0 unspecified atom stereocenters. The van der Waals surface area contributed by atoms with Gasteiger partial charge in [-0.15, -0.1) is 0 Å². The fourth-order valence-electron chi connectivity index (χ4n) is 1.07.